The van der Waals surface area contributed by atoms with Crippen LogP contribution in [0.5, 0.6) is 5.75 Å². The molecule has 0 amide bonds. The van der Waals surface area contributed by atoms with E-state index in [0.717, 1.165) is 25.0 Å². The summed E-state index contributed by atoms with van der Waals surface area (Å²) in [5.41, 5.74) is 5.99. The molecule has 22 heavy (non-hydrogen) atoms. The van der Waals surface area contributed by atoms with Crippen molar-refractivity contribution in [2.75, 3.05) is 0 Å². The molecule has 1 aromatic rings. The van der Waals surface area contributed by atoms with E-state index in [1.165, 1.54) is 27.8 Å². The van der Waals surface area contributed by atoms with E-state index in [4.69, 9.17) is 4.74 Å². The highest BCUT2D eigenvalue weighted by atomic mass is 16.5. The second-order valence-electron chi connectivity index (χ2n) is 7.16. The maximum atomic E-state index is 11.2. The fourth-order valence-corrected chi connectivity index (χ4v) is 3.68. The molecule has 0 spiro atoms. The molecule has 1 aliphatic heterocycles. The van der Waals surface area contributed by atoms with Gasteiger partial charge in [0, 0.05) is 0 Å². The molecule has 1 aliphatic rings. The van der Waals surface area contributed by atoms with Gasteiger partial charge in [-0.3, -0.25) is 4.79 Å². The van der Waals surface area contributed by atoms with E-state index in [1.807, 2.05) is 0 Å². The third-order valence-electron chi connectivity index (χ3n) is 5.12. The zero-order chi connectivity index (χ0) is 16.7. The van der Waals surface area contributed by atoms with Gasteiger partial charge in [-0.2, -0.15) is 0 Å². The molecule has 3 nitrogen and oxygen atoms in total. The first-order chi connectivity index (χ1) is 10.2. The number of carboxylic acid groups (broad SMARTS) is 1. The number of carboxylic acids is 1. The van der Waals surface area contributed by atoms with E-state index in [1.54, 1.807) is 0 Å². The summed E-state index contributed by atoms with van der Waals surface area (Å²) >= 11 is 0. The van der Waals surface area contributed by atoms with Gasteiger partial charge < -0.3 is 9.84 Å². The summed E-state index contributed by atoms with van der Waals surface area (Å²) in [7, 11) is 0. The molecule has 0 bridgehead atoms. The van der Waals surface area contributed by atoms with Gasteiger partial charge >= 0.3 is 5.97 Å². The minimum Gasteiger partial charge on any atom is -0.487 e. The van der Waals surface area contributed by atoms with Crippen molar-refractivity contribution in [2.45, 2.75) is 78.7 Å². The number of fused-ring (bicyclic) bond motifs is 1. The number of carbonyl (C=O) groups is 1. The highest BCUT2D eigenvalue weighted by molar-refractivity contribution is 5.69. The highest BCUT2D eigenvalue weighted by Gasteiger charge is 2.32. The third kappa shape index (κ3) is 2.99. The third-order valence-corrected chi connectivity index (χ3v) is 5.12. The van der Waals surface area contributed by atoms with Crippen LogP contribution in [0.25, 0.3) is 0 Å². The molecule has 0 aromatic heterocycles. The number of rotatable bonds is 4. The van der Waals surface area contributed by atoms with E-state index in [2.05, 4.69) is 41.5 Å². The summed E-state index contributed by atoms with van der Waals surface area (Å²) in [5, 5.41) is 9.21. The van der Waals surface area contributed by atoms with E-state index in [9.17, 15) is 9.90 Å². The fourth-order valence-electron chi connectivity index (χ4n) is 3.68. The molecule has 3 heteroatoms. The van der Waals surface area contributed by atoms with Gasteiger partial charge in [0.25, 0.3) is 0 Å². The summed E-state index contributed by atoms with van der Waals surface area (Å²) in [5.74, 6) is 0.384. The molecule has 122 valence electrons. The van der Waals surface area contributed by atoms with Crippen molar-refractivity contribution >= 4 is 5.97 Å². The first-order valence-corrected chi connectivity index (χ1v) is 8.21. The molecule has 0 aliphatic carbocycles. The quantitative estimate of drug-likeness (QED) is 0.878. The highest BCUT2D eigenvalue weighted by Crippen LogP contribution is 2.43. The normalized spacial score (nSPS) is 17.5. The van der Waals surface area contributed by atoms with E-state index in [-0.39, 0.29) is 17.9 Å². The van der Waals surface area contributed by atoms with Crippen molar-refractivity contribution in [1.82, 2.24) is 0 Å². The van der Waals surface area contributed by atoms with Crippen LogP contribution < -0.4 is 4.74 Å². The van der Waals surface area contributed by atoms with Crippen molar-refractivity contribution in [1.29, 1.82) is 0 Å². The second kappa shape index (κ2) is 5.94. The molecule has 0 saturated heterocycles. The van der Waals surface area contributed by atoms with Crippen molar-refractivity contribution in [3.63, 3.8) is 0 Å². The Labute approximate surface area is 133 Å². The summed E-state index contributed by atoms with van der Waals surface area (Å²) in [6, 6.07) is 0. The Balaban J connectivity index is 2.59. The average Bonchev–Trinajstić information content (AvgIpc) is 2.42. The van der Waals surface area contributed by atoms with Gasteiger partial charge in [-0.1, -0.05) is 6.92 Å². The number of benzene rings is 1. The Kier molecular flexibility index (Phi) is 4.55. The molecule has 0 saturated carbocycles. The van der Waals surface area contributed by atoms with Gasteiger partial charge in [-0.05, 0) is 87.6 Å². The number of aliphatic carboxylic acids is 1. The standard InChI is InChI=1S/C19H28O3/c1-7-14(10-16(20)21)17-11(2)12(3)18-15(13(17)4)8-9-19(5,6)22-18/h14H,7-10H2,1-6H3,(H,20,21). The molecule has 2 rings (SSSR count). The molecular formula is C19H28O3. The number of hydrogen-bond donors (Lipinski definition) is 1. The minimum atomic E-state index is -0.724. The molecule has 1 heterocycles. The Morgan fingerprint density at radius 3 is 2.41 bits per heavy atom. The van der Waals surface area contributed by atoms with Crippen molar-refractivity contribution in [2.24, 2.45) is 0 Å². The lowest BCUT2D eigenvalue weighted by Gasteiger charge is -2.36. The van der Waals surface area contributed by atoms with Gasteiger partial charge in [0.15, 0.2) is 0 Å². The number of ether oxygens (including phenoxy) is 1. The molecule has 0 fully saturated rings. The molecule has 1 unspecified atom stereocenters. The van der Waals surface area contributed by atoms with Gasteiger partial charge in [0.2, 0.25) is 0 Å². The summed E-state index contributed by atoms with van der Waals surface area (Å²) in [4.78, 5) is 11.2. The predicted octanol–water partition coefficient (Wildman–Crippen LogP) is 4.68. The van der Waals surface area contributed by atoms with Crippen molar-refractivity contribution in [3.05, 3.63) is 27.8 Å². The van der Waals surface area contributed by atoms with Crippen LogP contribution in [0.2, 0.25) is 0 Å². The van der Waals surface area contributed by atoms with Gasteiger partial charge in [0.05, 0.1) is 6.42 Å². The molecule has 1 aromatic carbocycles. The predicted molar refractivity (Wildman–Crippen MR) is 89.0 cm³/mol. The molecule has 1 N–H and O–H groups in total. The number of hydrogen-bond acceptors (Lipinski definition) is 2. The summed E-state index contributed by atoms with van der Waals surface area (Å²) < 4.78 is 6.24. The van der Waals surface area contributed by atoms with Gasteiger partial charge in [-0.25, -0.2) is 0 Å². The van der Waals surface area contributed by atoms with Gasteiger partial charge in [-0.15, -0.1) is 0 Å². The fraction of sp³-hybridized carbons (Fsp3) is 0.632. The Morgan fingerprint density at radius 2 is 1.86 bits per heavy atom. The van der Waals surface area contributed by atoms with Crippen molar-refractivity contribution in [3.8, 4) is 5.75 Å². The molecule has 0 radical (unpaired) electrons. The van der Waals surface area contributed by atoms with E-state index in [0.29, 0.717) is 0 Å². The summed E-state index contributed by atoms with van der Waals surface area (Å²) in [6.07, 6.45) is 3.05. The molecular weight excluding hydrogens is 276 g/mol. The average molecular weight is 304 g/mol. The van der Waals surface area contributed by atoms with Crippen LogP contribution in [0.3, 0.4) is 0 Å². The molecule has 1 atom stereocenters. The maximum absolute atomic E-state index is 11.2. The van der Waals surface area contributed by atoms with Gasteiger partial charge in [0.1, 0.15) is 11.4 Å². The zero-order valence-corrected chi connectivity index (χ0v) is 14.7. The van der Waals surface area contributed by atoms with Crippen LogP contribution in [-0.2, 0) is 11.2 Å². The SMILES string of the molecule is CCC(CC(=O)O)c1c(C)c(C)c2c(c1C)CCC(C)(C)O2. The smallest absolute Gasteiger partial charge is 0.303 e. The second-order valence-corrected chi connectivity index (χ2v) is 7.16. The largest absolute Gasteiger partial charge is 0.487 e. The topological polar surface area (TPSA) is 46.5 Å². The van der Waals surface area contributed by atoms with Crippen LogP contribution in [0.1, 0.15) is 73.8 Å². The Bertz CT molecular complexity index is 599. The Morgan fingerprint density at radius 1 is 1.23 bits per heavy atom. The maximum Gasteiger partial charge on any atom is 0.303 e. The van der Waals surface area contributed by atoms with Crippen LogP contribution in [-0.4, -0.2) is 16.7 Å². The lowest BCUT2D eigenvalue weighted by molar-refractivity contribution is -0.137. The van der Waals surface area contributed by atoms with Crippen LogP contribution in [0, 0.1) is 20.8 Å². The van der Waals surface area contributed by atoms with E-state index >= 15 is 0 Å². The zero-order valence-electron chi connectivity index (χ0n) is 14.7. The van der Waals surface area contributed by atoms with Crippen molar-refractivity contribution < 1.29 is 14.6 Å². The lowest BCUT2D eigenvalue weighted by Crippen LogP contribution is -2.33. The van der Waals surface area contributed by atoms with E-state index < -0.39 is 5.97 Å². The summed E-state index contributed by atoms with van der Waals surface area (Å²) in [6.45, 7) is 12.7. The van der Waals surface area contributed by atoms with Crippen LogP contribution in [0.15, 0.2) is 0 Å². The van der Waals surface area contributed by atoms with Crippen LogP contribution in [0.4, 0.5) is 0 Å². The minimum absolute atomic E-state index is 0.0800. The Hall–Kier alpha value is -1.51. The first-order valence-electron chi connectivity index (χ1n) is 8.21. The first kappa shape index (κ1) is 16.9. The monoisotopic (exact) mass is 304 g/mol. The lowest BCUT2D eigenvalue weighted by atomic mass is 9.79. The van der Waals surface area contributed by atoms with Crippen LogP contribution >= 0.6 is 0 Å².